The van der Waals surface area contributed by atoms with Gasteiger partial charge in [-0.15, -0.1) is 0 Å². The van der Waals surface area contributed by atoms with Crippen LogP contribution in [0.5, 0.6) is 0 Å². The van der Waals surface area contributed by atoms with Gasteiger partial charge in [0.15, 0.2) is 0 Å². The van der Waals surface area contributed by atoms with E-state index >= 15 is 0 Å². The molecular weight excluding hydrogens is 278 g/mol. The predicted molar refractivity (Wildman–Crippen MR) is 88.5 cm³/mol. The Morgan fingerprint density at radius 2 is 1.73 bits per heavy atom. The molecule has 1 aliphatic carbocycles. The maximum atomic E-state index is 12.1. The average Bonchev–Trinajstić information content (AvgIpc) is 3.01. The molecule has 0 aliphatic heterocycles. The van der Waals surface area contributed by atoms with Crippen LogP contribution < -0.4 is 5.32 Å². The smallest absolute Gasteiger partial charge is 0.328 e. The van der Waals surface area contributed by atoms with E-state index in [4.69, 9.17) is 4.74 Å². The zero-order chi connectivity index (χ0) is 16.2. The Bertz CT molecular complexity index is 324. The van der Waals surface area contributed by atoms with Crippen molar-refractivity contribution in [1.82, 2.24) is 5.32 Å². The van der Waals surface area contributed by atoms with E-state index in [0.29, 0.717) is 18.8 Å². The first kappa shape index (κ1) is 19.0. The first-order chi connectivity index (χ1) is 10.7. The van der Waals surface area contributed by atoms with Crippen LogP contribution in [-0.4, -0.2) is 25.0 Å². The lowest BCUT2D eigenvalue weighted by Gasteiger charge is -2.17. The van der Waals surface area contributed by atoms with E-state index in [0.717, 1.165) is 25.7 Å². The van der Waals surface area contributed by atoms with E-state index in [1.165, 1.54) is 45.6 Å². The molecule has 4 nitrogen and oxygen atoms in total. The maximum absolute atomic E-state index is 12.1. The number of hydrogen-bond donors (Lipinski definition) is 1. The van der Waals surface area contributed by atoms with E-state index in [9.17, 15) is 9.59 Å². The molecule has 1 fully saturated rings. The van der Waals surface area contributed by atoms with Crippen molar-refractivity contribution in [2.45, 2.75) is 90.0 Å². The SMILES string of the molecule is CCCCCCCC[C@H](NC(=O)CC1CCCC1)C(=O)OC. The third kappa shape index (κ3) is 7.81. The zero-order valence-corrected chi connectivity index (χ0v) is 14.4. The van der Waals surface area contributed by atoms with Crippen LogP contribution in [0.1, 0.15) is 84.0 Å². The van der Waals surface area contributed by atoms with Gasteiger partial charge in [0.1, 0.15) is 6.04 Å². The molecule has 1 aliphatic rings. The number of unbranched alkanes of at least 4 members (excludes halogenated alkanes) is 5. The summed E-state index contributed by atoms with van der Waals surface area (Å²) >= 11 is 0. The van der Waals surface area contributed by atoms with Gasteiger partial charge in [-0.2, -0.15) is 0 Å². The van der Waals surface area contributed by atoms with Crippen molar-refractivity contribution >= 4 is 11.9 Å². The van der Waals surface area contributed by atoms with Crippen LogP contribution in [0.3, 0.4) is 0 Å². The van der Waals surface area contributed by atoms with Crippen LogP contribution in [0, 0.1) is 5.92 Å². The van der Waals surface area contributed by atoms with E-state index in [2.05, 4.69) is 12.2 Å². The summed E-state index contributed by atoms with van der Waals surface area (Å²) in [5.41, 5.74) is 0. The van der Waals surface area contributed by atoms with Crippen LogP contribution in [0.15, 0.2) is 0 Å². The van der Waals surface area contributed by atoms with Gasteiger partial charge in [-0.25, -0.2) is 4.79 Å². The fourth-order valence-corrected chi connectivity index (χ4v) is 3.25. The van der Waals surface area contributed by atoms with E-state index in [1.54, 1.807) is 0 Å². The highest BCUT2D eigenvalue weighted by atomic mass is 16.5. The monoisotopic (exact) mass is 311 g/mol. The van der Waals surface area contributed by atoms with Gasteiger partial charge >= 0.3 is 5.97 Å². The first-order valence-corrected chi connectivity index (χ1v) is 9.04. The lowest BCUT2D eigenvalue weighted by Crippen LogP contribution is -2.42. The Kier molecular flexibility index (Phi) is 9.93. The number of nitrogens with one attached hydrogen (secondary N) is 1. The summed E-state index contributed by atoms with van der Waals surface area (Å²) in [7, 11) is 1.39. The molecule has 1 atom stereocenters. The topological polar surface area (TPSA) is 55.4 Å². The summed E-state index contributed by atoms with van der Waals surface area (Å²) < 4.78 is 4.83. The predicted octanol–water partition coefficient (Wildman–Crippen LogP) is 3.98. The van der Waals surface area contributed by atoms with Gasteiger partial charge in [-0.3, -0.25) is 4.79 Å². The minimum Gasteiger partial charge on any atom is -0.467 e. The minimum atomic E-state index is -0.468. The van der Waals surface area contributed by atoms with Crippen molar-refractivity contribution in [1.29, 1.82) is 0 Å². The normalized spacial score (nSPS) is 16.5. The number of esters is 1. The first-order valence-electron chi connectivity index (χ1n) is 9.04. The summed E-state index contributed by atoms with van der Waals surface area (Å²) in [6, 6.07) is -0.468. The van der Waals surface area contributed by atoms with Gasteiger partial charge in [-0.1, -0.05) is 58.3 Å². The standard InChI is InChI=1S/C18H33NO3/c1-3-4-5-6-7-8-13-16(18(21)22-2)19-17(20)14-15-11-9-10-12-15/h15-16H,3-14H2,1-2H3,(H,19,20)/t16-/m0/s1. The van der Waals surface area contributed by atoms with Gasteiger partial charge in [0.05, 0.1) is 7.11 Å². The molecular formula is C18H33NO3. The number of carbonyl (C=O) groups is 2. The molecule has 22 heavy (non-hydrogen) atoms. The highest BCUT2D eigenvalue weighted by molar-refractivity contribution is 5.84. The fourth-order valence-electron chi connectivity index (χ4n) is 3.25. The molecule has 0 saturated heterocycles. The fraction of sp³-hybridized carbons (Fsp3) is 0.889. The van der Waals surface area contributed by atoms with E-state index in [-0.39, 0.29) is 11.9 Å². The molecule has 128 valence electrons. The van der Waals surface area contributed by atoms with Crippen LogP contribution >= 0.6 is 0 Å². The summed E-state index contributed by atoms with van der Waals surface area (Å²) in [6.07, 6.45) is 13.1. The molecule has 1 saturated carbocycles. The Hall–Kier alpha value is -1.06. The highest BCUT2D eigenvalue weighted by Gasteiger charge is 2.24. The number of ether oxygens (including phenoxy) is 1. The molecule has 1 N–H and O–H groups in total. The van der Waals surface area contributed by atoms with Crippen LogP contribution in [0.25, 0.3) is 0 Å². The molecule has 0 aromatic heterocycles. The Morgan fingerprint density at radius 1 is 1.09 bits per heavy atom. The number of hydrogen-bond acceptors (Lipinski definition) is 3. The second-order valence-corrected chi connectivity index (χ2v) is 6.55. The molecule has 0 radical (unpaired) electrons. The molecule has 0 aromatic rings. The second kappa shape index (κ2) is 11.5. The van der Waals surface area contributed by atoms with Crippen molar-refractivity contribution in [2.75, 3.05) is 7.11 Å². The molecule has 0 heterocycles. The van der Waals surface area contributed by atoms with Gasteiger partial charge in [-0.05, 0) is 25.2 Å². The summed E-state index contributed by atoms with van der Waals surface area (Å²) in [6.45, 7) is 2.20. The van der Waals surface area contributed by atoms with Crippen molar-refractivity contribution < 1.29 is 14.3 Å². The minimum absolute atomic E-state index is 0.00767. The third-order valence-corrected chi connectivity index (χ3v) is 4.62. The molecule has 0 bridgehead atoms. The molecule has 1 rings (SSSR count). The molecule has 4 heteroatoms. The van der Waals surface area contributed by atoms with Gasteiger partial charge in [0.25, 0.3) is 0 Å². The lowest BCUT2D eigenvalue weighted by atomic mass is 10.0. The lowest BCUT2D eigenvalue weighted by molar-refractivity contribution is -0.145. The van der Waals surface area contributed by atoms with Crippen molar-refractivity contribution in [2.24, 2.45) is 5.92 Å². The molecule has 0 unspecified atom stereocenters. The zero-order valence-electron chi connectivity index (χ0n) is 14.4. The Labute approximate surface area is 135 Å². The van der Waals surface area contributed by atoms with E-state index in [1.807, 2.05) is 0 Å². The summed E-state index contributed by atoms with van der Waals surface area (Å²) in [5, 5.41) is 2.88. The maximum Gasteiger partial charge on any atom is 0.328 e. The van der Waals surface area contributed by atoms with E-state index < -0.39 is 6.04 Å². The molecule has 0 aromatic carbocycles. The van der Waals surface area contributed by atoms with Gasteiger partial charge in [0.2, 0.25) is 5.91 Å². The van der Waals surface area contributed by atoms with Crippen molar-refractivity contribution in [3.63, 3.8) is 0 Å². The molecule has 1 amide bonds. The Balaban J connectivity index is 2.26. The number of carbonyl (C=O) groups excluding carboxylic acids is 2. The summed E-state index contributed by atoms with van der Waals surface area (Å²) in [4.78, 5) is 23.9. The third-order valence-electron chi connectivity index (χ3n) is 4.62. The summed E-state index contributed by atoms with van der Waals surface area (Å²) in [5.74, 6) is 0.203. The second-order valence-electron chi connectivity index (χ2n) is 6.55. The quantitative estimate of drug-likeness (QED) is 0.464. The average molecular weight is 311 g/mol. The van der Waals surface area contributed by atoms with Crippen LogP contribution in [0.2, 0.25) is 0 Å². The number of amides is 1. The van der Waals surface area contributed by atoms with Crippen LogP contribution in [0.4, 0.5) is 0 Å². The largest absolute Gasteiger partial charge is 0.467 e. The number of methoxy groups -OCH3 is 1. The highest BCUT2D eigenvalue weighted by Crippen LogP contribution is 2.27. The van der Waals surface area contributed by atoms with Crippen molar-refractivity contribution in [3.8, 4) is 0 Å². The van der Waals surface area contributed by atoms with Gasteiger partial charge < -0.3 is 10.1 Å². The van der Waals surface area contributed by atoms with Gasteiger partial charge in [0, 0.05) is 6.42 Å². The molecule has 0 spiro atoms. The number of rotatable bonds is 11. The Morgan fingerprint density at radius 3 is 2.36 bits per heavy atom. The van der Waals surface area contributed by atoms with Crippen molar-refractivity contribution in [3.05, 3.63) is 0 Å². The van der Waals surface area contributed by atoms with Crippen LogP contribution in [-0.2, 0) is 14.3 Å².